The Kier molecular flexibility index (Phi) is 4.86. The highest BCUT2D eigenvalue weighted by Gasteiger charge is 2.13. The summed E-state index contributed by atoms with van der Waals surface area (Å²) in [7, 11) is 0. The van der Waals surface area contributed by atoms with E-state index in [0.717, 1.165) is 11.3 Å². The first-order chi connectivity index (χ1) is 9.60. The highest BCUT2D eigenvalue weighted by molar-refractivity contribution is 7.15. The van der Waals surface area contributed by atoms with Gasteiger partial charge in [0.25, 0.3) is 0 Å². The van der Waals surface area contributed by atoms with Crippen molar-refractivity contribution < 1.29 is 13.9 Å². The molecule has 0 spiro atoms. The largest absolute Gasteiger partial charge is 0.450 e. The molecule has 0 saturated heterocycles. The Morgan fingerprint density at radius 3 is 3.00 bits per heavy atom. The molecule has 0 unspecified atom stereocenters. The molecule has 0 aliphatic heterocycles. The summed E-state index contributed by atoms with van der Waals surface area (Å²) in [4.78, 5) is 11.2. The highest BCUT2D eigenvalue weighted by Crippen LogP contribution is 2.25. The van der Waals surface area contributed by atoms with Crippen molar-refractivity contribution in [3.8, 4) is 0 Å². The highest BCUT2D eigenvalue weighted by atomic mass is 35.5. The van der Waals surface area contributed by atoms with Gasteiger partial charge in [-0.3, -0.25) is 5.32 Å². The summed E-state index contributed by atoms with van der Waals surface area (Å²) in [5.41, 5.74) is 0.355. The smallest absolute Gasteiger partial charge is 0.413 e. The number of benzene rings is 1. The number of hydrogen-bond acceptors (Lipinski definition) is 5. The number of rotatable bonds is 4. The second kappa shape index (κ2) is 6.62. The number of halogens is 2. The minimum Gasteiger partial charge on any atom is -0.450 e. The second-order valence-corrected chi connectivity index (χ2v) is 5.19. The molecular weight excluding hydrogens is 305 g/mol. The lowest BCUT2D eigenvalue weighted by Crippen LogP contribution is -2.12. The first kappa shape index (κ1) is 14.7. The molecule has 0 saturated carbocycles. The van der Waals surface area contributed by atoms with Crippen molar-refractivity contribution in [1.29, 1.82) is 0 Å². The Balaban J connectivity index is 2.08. The van der Waals surface area contributed by atoms with Crippen LogP contribution in [0.3, 0.4) is 0 Å². The van der Waals surface area contributed by atoms with E-state index >= 15 is 0 Å². The number of nitrogens with one attached hydrogen (secondary N) is 1. The molecule has 0 bridgehead atoms. The van der Waals surface area contributed by atoms with Crippen molar-refractivity contribution >= 4 is 34.2 Å². The van der Waals surface area contributed by atoms with Crippen LogP contribution in [0, 0.1) is 5.82 Å². The van der Waals surface area contributed by atoms with Crippen LogP contribution in [-0.2, 0) is 11.2 Å². The molecule has 0 aliphatic rings. The fraction of sp³-hybridized carbons (Fsp3) is 0.250. The fourth-order valence-electron chi connectivity index (χ4n) is 1.48. The number of aromatic nitrogens is 2. The van der Waals surface area contributed by atoms with E-state index in [9.17, 15) is 9.18 Å². The van der Waals surface area contributed by atoms with Gasteiger partial charge in [-0.25, -0.2) is 9.18 Å². The van der Waals surface area contributed by atoms with Crippen LogP contribution < -0.4 is 5.32 Å². The van der Waals surface area contributed by atoms with Gasteiger partial charge in [-0.15, -0.1) is 10.2 Å². The summed E-state index contributed by atoms with van der Waals surface area (Å²) in [6.07, 6.45) is -0.382. The van der Waals surface area contributed by atoms with Crippen LogP contribution in [0.4, 0.5) is 14.3 Å². The van der Waals surface area contributed by atoms with Gasteiger partial charge in [0.15, 0.2) is 0 Å². The molecule has 0 aliphatic carbocycles. The summed E-state index contributed by atoms with van der Waals surface area (Å²) < 4.78 is 18.4. The van der Waals surface area contributed by atoms with Crippen molar-refractivity contribution in [1.82, 2.24) is 10.2 Å². The molecular formula is C12H11ClFN3O2S. The van der Waals surface area contributed by atoms with Gasteiger partial charge in [-0.1, -0.05) is 29.0 Å². The maximum Gasteiger partial charge on any atom is 0.413 e. The Morgan fingerprint density at radius 2 is 2.30 bits per heavy atom. The van der Waals surface area contributed by atoms with E-state index in [1.165, 1.54) is 12.1 Å². The lowest BCUT2D eigenvalue weighted by molar-refractivity contribution is 0.168. The topological polar surface area (TPSA) is 64.1 Å². The van der Waals surface area contributed by atoms with Crippen molar-refractivity contribution in [2.45, 2.75) is 13.3 Å². The quantitative estimate of drug-likeness (QED) is 0.938. The first-order valence-electron chi connectivity index (χ1n) is 5.79. The van der Waals surface area contributed by atoms with Crippen LogP contribution in [-0.4, -0.2) is 22.9 Å². The maximum absolute atomic E-state index is 13.6. The lowest BCUT2D eigenvalue weighted by Gasteiger charge is -2.02. The van der Waals surface area contributed by atoms with Gasteiger partial charge >= 0.3 is 6.09 Å². The summed E-state index contributed by atoms with van der Waals surface area (Å²) in [5.74, 6) is -0.396. The third-order valence-corrected chi connectivity index (χ3v) is 3.53. The average molecular weight is 316 g/mol. The van der Waals surface area contributed by atoms with Crippen molar-refractivity contribution in [3.63, 3.8) is 0 Å². The molecule has 1 heterocycles. The second-order valence-electron chi connectivity index (χ2n) is 3.72. The van der Waals surface area contributed by atoms with E-state index in [4.69, 9.17) is 16.3 Å². The summed E-state index contributed by atoms with van der Waals surface area (Å²) >= 11 is 7.08. The number of amides is 1. The van der Waals surface area contributed by atoms with Gasteiger partial charge in [0, 0.05) is 17.0 Å². The van der Waals surface area contributed by atoms with Crippen molar-refractivity contribution in [2.24, 2.45) is 0 Å². The predicted octanol–water partition coefficient (Wildman–Crippen LogP) is 3.49. The third-order valence-electron chi connectivity index (χ3n) is 2.34. The molecule has 8 heteroatoms. The molecule has 20 heavy (non-hydrogen) atoms. The molecule has 0 fully saturated rings. The zero-order valence-electron chi connectivity index (χ0n) is 10.5. The van der Waals surface area contributed by atoms with Gasteiger partial charge in [-0.05, 0) is 19.1 Å². The molecule has 1 aromatic carbocycles. The molecule has 2 rings (SSSR count). The molecule has 0 atom stereocenters. The summed E-state index contributed by atoms with van der Waals surface area (Å²) in [6, 6.07) is 4.48. The fourth-order valence-corrected chi connectivity index (χ4v) is 2.45. The number of carbonyl (C=O) groups is 1. The molecule has 0 radical (unpaired) electrons. The van der Waals surface area contributed by atoms with Gasteiger partial charge < -0.3 is 4.74 Å². The van der Waals surface area contributed by atoms with Gasteiger partial charge in [0.2, 0.25) is 5.13 Å². The predicted molar refractivity (Wildman–Crippen MR) is 74.8 cm³/mol. The van der Waals surface area contributed by atoms with Crippen LogP contribution in [0.1, 0.15) is 17.5 Å². The van der Waals surface area contributed by atoms with Crippen LogP contribution >= 0.6 is 22.9 Å². The molecule has 1 aromatic heterocycles. The Labute approximate surface area is 123 Å². The number of hydrogen-bond donors (Lipinski definition) is 1. The number of anilines is 1. The number of ether oxygens (including phenoxy) is 1. The molecule has 106 valence electrons. The van der Waals surface area contributed by atoms with Crippen LogP contribution in [0.15, 0.2) is 18.2 Å². The standard InChI is InChI=1S/C12H11ClFN3O2S/c1-2-19-12(18)15-11-17-16-10(20-11)6-7-8(13)4-3-5-9(7)14/h3-5H,2,6H2,1H3,(H,15,17,18). The number of carbonyl (C=O) groups excluding carboxylic acids is 1. The zero-order valence-corrected chi connectivity index (χ0v) is 12.1. The SMILES string of the molecule is CCOC(=O)Nc1nnc(Cc2c(F)cccc2Cl)s1. The Morgan fingerprint density at radius 1 is 1.50 bits per heavy atom. The maximum atomic E-state index is 13.6. The van der Waals surface area contributed by atoms with E-state index in [2.05, 4.69) is 15.5 Å². The molecule has 1 N–H and O–H groups in total. The van der Waals surface area contributed by atoms with Crippen molar-refractivity contribution in [3.05, 3.63) is 39.6 Å². The van der Waals surface area contributed by atoms with Gasteiger partial charge in [-0.2, -0.15) is 0 Å². The van der Waals surface area contributed by atoms with E-state index < -0.39 is 11.9 Å². The Bertz CT molecular complexity index is 600. The van der Waals surface area contributed by atoms with E-state index in [1.54, 1.807) is 13.0 Å². The molecule has 1 amide bonds. The van der Waals surface area contributed by atoms with E-state index in [0.29, 0.717) is 20.7 Å². The van der Waals surface area contributed by atoms with E-state index in [-0.39, 0.29) is 13.0 Å². The van der Waals surface area contributed by atoms with Crippen LogP contribution in [0.2, 0.25) is 5.02 Å². The summed E-state index contributed by atoms with van der Waals surface area (Å²) in [5, 5.41) is 11.3. The van der Waals surface area contributed by atoms with Crippen LogP contribution in [0.25, 0.3) is 0 Å². The van der Waals surface area contributed by atoms with Crippen molar-refractivity contribution in [2.75, 3.05) is 11.9 Å². The molecule has 5 nitrogen and oxygen atoms in total. The molecule has 2 aromatic rings. The minimum atomic E-state index is -0.598. The zero-order chi connectivity index (χ0) is 14.5. The van der Waals surface area contributed by atoms with Crippen LogP contribution in [0.5, 0.6) is 0 Å². The lowest BCUT2D eigenvalue weighted by atomic mass is 10.1. The number of nitrogens with zero attached hydrogens (tertiary/aromatic N) is 2. The van der Waals surface area contributed by atoms with E-state index in [1.807, 2.05) is 0 Å². The minimum absolute atomic E-state index is 0.216. The third kappa shape index (κ3) is 3.64. The average Bonchev–Trinajstić information content (AvgIpc) is 2.82. The normalized spacial score (nSPS) is 10.3. The first-order valence-corrected chi connectivity index (χ1v) is 6.98. The van der Waals surface area contributed by atoms with Gasteiger partial charge in [0.05, 0.1) is 6.61 Å². The Hall–Kier alpha value is -1.73. The summed E-state index contributed by atoms with van der Waals surface area (Å²) in [6.45, 7) is 1.97. The monoisotopic (exact) mass is 315 g/mol. The van der Waals surface area contributed by atoms with Gasteiger partial charge in [0.1, 0.15) is 10.8 Å².